The second-order valence-corrected chi connectivity index (χ2v) is 9.21. The van der Waals surface area contributed by atoms with Crippen molar-refractivity contribution >= 4 is 34.1 Å². The molecule has 0 unspecified atom stereocenters. The molecule has 1 amide bonds. The van der Waals surface area contributed by atoms with Gasteiger partial charge in [0.05, 0.1) is 11.6 Å². The van der Waals surface area contributed by atoms with Gasteiger partial charge in [-0.2, -0.15) is 0 Å². The summed E-state index contributed by atoms with van der Waals surface area (Å²) in [5, 5.41) is 11.7. The molecule has 2 fully saturated rings. The lowest BCUT2D eigenvalue weighted by Gasteiger charge is -2.34. The van der Waals surface area contributed by atoms with Crippen LogP contribution in [-0.4, -0.2) is 85.6 Å². The highest BCUT2D eigenvalue weighted by atomic mass is 35.5. The molecule has 2 aromatic rings. The van der Waals surface area contributed by atoms with E-state index in [4.69, 9.17) is 11.6 Å². The van der Waals surface area contributed by atoms with Gasteiger partial charge in [-0.3, -0.25) is 9.78 Å². The Morgan fingerprint density at radius 1 is 1.09 bits per heavy atom. The van der Waals surface area contributed by atoms with E-state index < -0.39 is 0 Å². The fourth-order valence-corrected chi connectivity index (χ4v) is 4.75. The molecular formula is C24H35ClN6O. The molecule has 174 valence electrons. The van der Waals surface area contributed by atoms with Gasteiger partial charge in [-0.1, -0.05) is 11.6 Å². The molecular weight excluding hydrogens is 424 g/mol. The van der Waals surface area contributed by atoms with Gasteiger partial charge < -0.3 is 25.8 Å². The van der Waals surface area contributed by atoms with Crippen molar-refractivity contribution in [3.63, 3.8) is 0 Å². The van der Waals surface area contributed by atoms with E-state index in [9.17, 15) is 4.79 Å². The number of hydrogen-bond acceptors (Lipinski definition) is 6. The quantitative estimate of drug-likeness (QED) is 0.475. The average Bonchev–Trinajstić information content (AvgIpc) is 3.35. The van der Waals surface area contributed by atoms with Crippen LogP contribution in [-0.2, 0) is 4.79 Å². The third kappa shape index (κ3) is 6.54. The van der Waals surface area contributed by atoms with E-state index in [0.29, 0.717) is 5.02 Å². The first-order chi connectivity index (χ1) is 15.7. The van der Waals surface area contributed by atoms with Crippen LogP contribution in [0.5, 0.6) is 0 Å². The molecule has 0 bridgehead atoms. The highest BCUT2D eigenvalue weighted by molar-refractivity contribution is 6.31. The Kier molecular flexibility index (Phi) is 8.56. The molecule has 3 heterocycles. The zero-order valence-electron chi connectivity index (χ0n) is 18.8. The van der Waals surface area contributed by atoms with Crippen molar-refractivity contribution in [2.75, 3.05) is 64.2 Å². The molecule has 2 aliphatic rings. The number of nitrogens with one attached hydrogen (secondary N) is 3. The Balaban J connectivity index is 1.07. The Labute approximate surface area is 195 Å². The molecule has 0 radical (unpaired) electrons. The number of piperazine rings is 1. The van der Waals surface area contributed by atoms with E-state index in [1.54, 1.807) is 0 Å². The summed E-state index contributed by atoms with van der Waals surface area (Å²) in [5.74, 6) is 0.171. The molecule has 0 spiro atoms. The van der Waals surface area contributed by atoms with Crippen LogP contribution < -0.4 is 16.0 Å². The van der Waals surface area contributed by atoms with Crippen molar-refractivity contribution in [3.8, 4) is 0 Å². The number of rotatable bonds is 10. The van der Waals surface area contributed by atoms with Crippen molar-refractivity contribution in [1.29, 1.82) is 0 Å². The predicted octanol–water partition coefficient (Wildman–Crippen LogP) is 2.57. The third-order valence-electron chi connectivity index (χ3n) is 6.46. The molecule has 32 heavy (non-hydrogen) atoms. The van der Waals surface area contributed by atoms with Gasteiger partial charge in [0.15, 0.2) is 0 Å². The van der Waals surface area contributed by atoms with Crippen LogP contribution in [0.25, 0.3) is 10.9 Å². The van der Waals surface area contributed by atoms with Gasteiger partial charge in [0.1, 0.15) is 0 Å². The van der Waals surface area contributed by atoms with E-state index in [0.717, 1.165) is 101 Å². The second kappa shape index (κ2) is 11.8. The summed E-state index contributed by atoms with van der Waals surface area (Å²) >= 11 is 6.08. The predicted molar refractivity (Wildman–Crippen MR) is 131 cm³/mol. The van der Waals surface area contributed by atoms with Crippen LogP contribution in [0.4, 0.5) is 5.69 Å². The Morgan fingerprint density at radius 3 is 2.56 bits per heavy atom. The maximum atomic E-state index is 12.0. The summed E-state index contributed by atoms with van der Waals surface area (Å²) in [4.78, 5) is 21.5. The number of carbonyl (C=O) groups excluding carboxylic acids is 1. The lowest BCUT2D eigenvalue weighted by Crippen LogP contribution is -2.47. The van der Waals surface area contributed by atoms with Crippen LogP contribution in [0.15, 0.2) is 30.5 Å². The summed E-state index contributed by atoms with van der Waals surface area (Å²) in [6.07, 6.45) is 6.04. The fourth-order valence-electron chi connectivity index (χ4n) is 4.58. The molecule has 3 N–H and O–H groups in total. The smallest absolute Gasteiger partial charge is 0.237 e. The molecule has 8 heteroatoms. The van der Waals surface area contributed by atoms with E-state index in [-0.39, 0.29) is 11.9 Å². The van der Waals surface area contributed by atoms with Crippen molar-refractivity contribution < 1.29 is 4.79 Å². The van der Waals surface area contributed by atoms with Gasteiger partial charge in [0.25, 0.3) is 0 Å². The number of hydrogen-bond donors (Lipinski definition) is 3. The normalized spacial score (nSPS) is 20.0. The molecule has 1 aromatic carbocycles. The Hall–Kier alpha value is -1.93. The Morgan fingerprint density at radius 2 is 1.84 bits per heavy atom. The molecule has 7 nitrogen and oxygen atoms in total. The average molecular weight is 459 g/mol. The molecule has 0 saturated carbocycles. The number of pyridine rings is 1. The maximum absolute atomic E-state index is 12.0. The molecule has 2 aliphatic heterocycles. The molecule has 4 rings (SSSR count). The van der Waals surface area contributed by atoms with E-state index in [1.807, 2.05) is 30.5 Å². The minimum atomic E-state index is 0.0313. The third-order valence-corrected chi connectivity index (χ3v) is 6.70. The van der Waals surface area contributed by atoms with Crippen LogP contribution in [0, 0.1) is 0 Å². The first-order valence-electron chi connectivity index (χ1n) is 11.9. The van der Waals surface area contributed by atoms with Crippen molar-refractivity contribution in [1.82, 2.24) is 25.4 Å². The number of anilines is 1. The highest BCUT2D eigenvalue weighted by Gasteiger charge is 2.21. The lowest BCUT2D eigenvalue weighted by molar-refractivity contribution is -0.122. The van der Waals surface area contributed by atoms with Crippen LogP contribution in [0.2, 0.25) is 5.02 Å². The Bertz CT molecular complexity index is 880. The number of aromatic nitrogens is 1. The van der Waals surface area contributed by atoms with Crippen LogP contribution in [0.1, 0.15) is 25.7 Å². The van der Waals surface area contributed by atoms with Gasteiger partial charge >= 0.3 is 0 Å². The number of fused-ring (bicyclic) bond motifs is 1. The molecule has 2 saturated heterocycles. The SMILES string of the molecule is O=C(NCCCN1CCN(CCCNc2ccnc3cc(Cl)ccc23)CC1)[C@@H]1CCCN1. The van der Waals surface area contributed by atoms with E-state index in [1.165, 1.54) is 0 Å². The number of halogens is 1. The number of amides is 1. The van der Waals surface area contributed by atoms with Crippen LogP contribution >= 0.6 is 11.6 Å². The number of nitrogens with zero attached hydrogens (tertiary/aromatic N) is 3. The van der Waals surface area contributed by atoms with Crippen molar-refractivity contribution in [2.24, 2.45) is 0 Å². The number of benzene rings is 1. The minimum Gasteiger partial charge on any atom is -0.384 e. The van der Waals surface area contributed by atoms with Gasteiger partial charge in [-0.25, -0.2) is 0 Å². The fraction of sp³-hybridized carbons (Fsp3) is 0.583. The summed E-state index contributed by atoms with van der Waals surface area (Å²) in [6, 6.07) is 7.91. The molecule has 0 aliphatic carbocycles. The largest absolute Gasteiger partial charge is 0.384 e. The van der Waals surface area contributed by atoms with E-state index in [2.05, 4.69) is 30.7 Å². The monoisotopic (exact) mass is 458 g/mol. The summed E-state index contributed by atoms with van der Waals surface area (Å²) in [6.45, 7) is 9.32. The topological polar surface area (TPSA) is 72.5 Å². The second-order valence-electron chi connectivity index (χ2n) is 8.78. The van der Waals surface area contributed by atoms with Gasteiger partial charge in [-0.15, -0.1) is 0 Å². The zero-order chi connectivity index (χ0) is 22.2. The van der Waals surface area contributed by atoms with Gasteiger partial charge in [0, 0.05) is 61.6 Å². The summed E-state index contributed by atoms with van der Waals surface area (Å²) in [7, 11) is 0. The molecule has 1 atom stereocenters. The van der Waals surface area contributed by atoms with Gasteiger partial charge in [-0.05, 0) is 69.6 Å². The summed E-state index contributed by atoms with van der Waals surface area (Å²) < 4.78 is 0. The minimum absolute atomic E-state index is 0.0313. The van der Waals surface area contributed by atoms with Crippen molar-refractivity contribution in [2.45, 2.75) is 31.7 Å². The zero-order valence-corrected chi connectivity index (χ0v) is 19.5. The van der Waals surface area contributed by atoms with Crippen LogP contribution in [0.3, 0.4) is 0 Å². The lowest BCUT2D eigenvalue weighted by atomic mass is 10.2. The molecule has 1 aromatic heterocycles. The highest BCUT2D eigenvalue weighted by Crippen LogP contribution is 2.24. The van der Waals surface area contributed by atoms with E-state index >= 15 is 0 Å². The first-order valence-corrected chi connectivity index (χ1v) is 12.3. The maximum Gasteiger partial charge on any atom is 0.237 e. The summed E-state index contributed by atoms with van der Waals surface area (Å²) in [5.41, 5.74) is 2.04. The standard InChI is InChI=1S/C24H35ClN6O/c25-19-5-6-20-21(7-11-28-23(20)18-19)26-9-2-12-30-14-16-31(17-15-30)13-3-10-29-24(32)22-4-1-8-27-22/h5-7,11,18,22,27H,1-4,8-10,12-17H2,(H,26,28)(H,29,32)/t22-/m0/s1. The first kappa shape index (κ1) is 23.2. The number of carbonyl (C=O) groups is 1. The van der Waals surface area contributed by atoms with Gasteiger partial charge in [0.2, 0.25) is 5.91 Å². The van der Waals surface area contributed by atoms with Crippen molar-refractivity contribution in [3.05, 3.63) is 35.5 Å².